The number of carbonyl (C=O) groups is 1. The molecule has 0 aromatic rings. The molecule has 5 N–H and O–H groups in total. The Labute approximate surface area is 91.0 Å². The Hall–Kier alpha value is -0.270. The monoisotopic (exact) mass is 277 g/mol. The van der Waals surface area contributed by atoms with Gasteiger partial charge >= 0.3 is 21.2 Å². The molecule has 0 spiro atoms. The van der Waals surface area contributed by atoms with E-state index in [9.17, 15) is 13.9 Å². The molecule has 0 aromatic carbocycles. The zero-order valence-corrected chi connectivity index (χ0v) is 9.92. The minimum atomic E-state index is -4.48. The summed E-state index contributed by atoms with van der Waals surface area (Å²) in [5.41, 5.74) is 0. The van der Waals surface area contributed by atoms with Gasteiger partial charge in [-0.2, -0.15) is 0 Å². The maximum absolute atomic E-state index is 10.6. The van der Waals surface area contributed by atoms with Crippen LogP contribution in [0.2, 0.25) is 0 Å². The third-order valence-electron chi connectivity index (χ3n) is 1.41. The predicted molar refractivity (Wildman–Crippen MR) is 52.8 cm³/mol. The third kappa shape index (κ3) is 10.3. The second-order valence-electron chi connectivity index (χ2n) is 3.15. The highest BCUT2D eigenvalue weighted by atomic mass is 31.2. The molecule has 0 heterocycles. The molecule has 0 amide bonds. The Balaban J connectivity index is 4.45. The SMILES string of the molecule is O=C(O)CCN(CP(=O)(O)O)CP(=O)(O)O. The minimum Gasteiger partial charge on any atom is -0.481 e. The van der Waals surface area contributed by atoms with Gasteiger partial charge in [0.1, 0.15) is 12.6 Å². The fourth-order valence-electron chi connectivity index (χ4n) is 0.961. The topological polar surface area (TPSA) is 156 Å². The van der Waals surface area contributed by atoms with Crippen molar-refractivity contribution in [2.24, 2.45) is 0 Å². The average Bonchev–Trinajstić information content (AvgIpc) is 1.93. The average molecular weight is 277 g/mol. The van der Waals surface area contributed by atoms with Crippen LogP contribution in [0.25, 0.3) is 0 Å². The van der Waals surface area contributed by atoms with Crippen molar-refractivity contribution < 1.29 is 38.6 Å². The molecule has 0 rings (SSSR count). The second-order valence-corrected chi connectivity index (χ2v) is 6.37. The molecule has 0 saturated heterocycles. The molecule has 0 aliphatic rings. The van der Waals surface area contributed by atoms with Crippen molar-refractivity contribution in [3.63, 3.8) is 0 Å². The van der Waals surface area contributed by atoms with Gasteiger partial charge < -0.3 is 24.7 Å². The van der Waals surface area contributed by atoms with E-state index in [2.05, 4.69) is 0 Å². The van der Waals surface area contributed by atoms with E-state index in [1.807, 2.05) is 0 Å². The number of nitrogens with zero attached hydrogens (tertiary/aromatic N) is 1. The molecule has 0 unspecified atom stereocenters. The zero-order chi connectivity index (χ0) is 13.0. The number of carboxylic acids is 1. The van der Waals surface area contributed by atoms with E-state index in [0.29, 0.717) is 0 Å². The van der Waals surface area contributed by atoms with Gasteiger partial charge in [0.05, 0.1) is 6.42 Å². The molecule has 0 aliphatic heterocycles. The van der Waals surface area contributed by atoms with Gasteiger partial charge in [0, 0.05) is 6.54 Å². The van der Waals surface area contributed by atoms with Gasteiger partial charge in [-0.05, 0) is 0 Å². The summed E-state index contributed by atoms with van der Waals surface area (Å²) in [7, 11) is -8.96. The molecule has 0 fully saturated rings. The van der Waals surface area contributed by atoms with Crippen LogP contribution in [0.15, 0.2) is 0 Å². The van der Waals surface area contributed by atoms with Crippen LogP contribution in [0, 0.1) is 0 Å². The Morgan fingerprint density at radius 3 is 1.62 bits per heavy atom. The van der Waals surface area contributed by atoms with E-state index < -0.39 is 40.2 Å². The Kier molecular flexibility index (Phi) is 5.78. The predicted octanol–water partition coefficient (Wildman–Crippen LogP) is -0.967. The van der Waals surface area contributed by atoms with Crippen molar-refractivity contribution in [3.05, 3.63) is 0 Å². The van der Waals surface area contributed by atoms with Crippen molar-refractivity contribution >= 4 is 21.2 Å². The molecule has 0 radical (unpaired) electrons. The molecule has 11 heteroatoms. The third-order valence-corrected chi connectivity index (χ3v) is 2.95. The summed E-state index contributed by atoms with van der Waals surface area (Å²) in [6, 6.07) is 0. The molecule has 0 aromatic heterocycles. The fourth-order valence-corrected chi connectivity index (χ4v) is 2.64. The van der Waals surface area contributed by atoms with Crippen LogP contribution in [-0.4, -0.2) is 54.7 Å². The van der Waals surface area contributed by atoms with Crippen molar-refractivity contribution in [1.82, 2.24) is 4.90 Å². The van der Waals surface area contributed by atoms with Gasteiger partial charge in [-0.25, -0.2) is 0 Å². The quantitative estimate of drug-likeness (QED) is 0.369. The van der Waals surface area contributed by atoms with Crippen molar-refractivity contribution in [2.45, 2.75) is 6.42 Å². The van der Waals surface area contributed by atoms with E-state index in [4.69, 9.17) is 24.7 Å². The van der Waals surface area contributed by atoms with Crippen LogP contribution < -0.4 is 0 Å². The van der Waals surface area contributed by atoms with Gasteiger partial charge in [0.2, 0.25) is 0 Å². The molecule has 0 saturated carbocycles. The summed E-state index contributed by atoms with van der Waals surface area (Å²) in [5.74, 6) is -1.22. The number of hydrogen-bond acceptors (Lipinski definition) is 4. The molecule has 96 valence electrons. The van der Waals surface area contributed by atoms with Crippen molar-refractivity contribution in [3.8, 4) is 0 Å². The number of hydrogen-bond donors (Lipinski definition) is 5. The van der Waals surface area contributed by atoms with Gasteiger partial charge in [0.15, 0.2) is 0 Å². The van der Waals surface area contributed by atoms with Gasteiger partial charge in [-0.15, -0.1) is 0 Å². The normalized spacial score (nSPS) is 13.1. The lowest BCUT2D eigenvalue weighted by atomic mass is 10.4. The summed E-state index contributed by atoms with van der Waals surface area (Å²) in [4.78, 5) is 45.4. The van der Waals surface area contributed by atoms with Gasteiger partial charge in [-0.1, -0.05) is 0 Å². The number of carboxylic acid groups (broad SMARTS) is 1. The van der Waals surface area contributed by atoms with Crippen LogP contribution in [-0.2, 0) is 13.9 Å². The van der Waals surface area contributed by atoms with E-state index >= 15 is 0 Å². The molecule has 0 aliphatic carbocycles. The molecular formula is C5H13NO8P2. The van der Waals surface area contributed by atoms with E-state index in [1.54, 1.807) is 0 Å². The lowest BCUT2D eigenvalue weighted by molar-refractivity contribution is -0.137. The van der Waals surface area contributed by atoms with Crippen molar-refractivity contribution in [1.29, 1.82) is 0 Å². The maximum atomic E-state index is 10.6. The number of aliphatic carboxylic acids is 1. The summed E-state index contributed by atoms with van der Waals surface area (Å²) in [5, 5.41) is 8.34. The van der Waals surface area contributed by atoms with E-state index in [-0.39, 0.29) is 6.54 Å². The highest BCUT2D eigenvalue weighted by molar-refractivity contribution is 7.52. The van der Waals surface area contributed by atoms with Crippen LogP contribution in [0.3, 0.4) is 0 Å². The Morgan fingerprint density at radius 2 is 1.38 bits per heavy atom. The highest BCUT2D eigenvalue weighted by Gasteiger charge is 2.25. The lowest BCUT2D eigenvalue weighted by Gasteiger charge is -2.21. The first-order valence-electron chi connectivity index (χ1n) is 4.03. The Bertz CT molecular complexity index is 307. The van der Waals surface area contributed by atoms with Gasteiger partial charge in [0.25, 0.3) is 0 Å². The first kappa shape index (κ1) is 15.7. The van der Waals surface area contributed by atoms with Crippen LogP contribution >= 0.6 is 15.2 Å². The van der Waals surface area contributed by atoms with E-state index in [1.165, 1.54) is 0 Å². The number of rotatable bonds is 7. The summed E-state index contributed by atoms with van der Waals surface area (Å²) in [6.07, 6.45) is -2.23. The summed E-state index contributed by atoms with van der Waals surface area (Å²) in [6.45, 7) is -0.342. The maximum Gasteiger partial charge on any atom is 0.339 e. The van der Waals surface area contributed by atoms with Crippen LogP contribution in [0.1, 0.15) is 6.42 Å². The Morgan fingerprint density at radius 1 is 1.00 bits per heavy atom. The fraction of sp³-hybridized carbons (Fsp3) is 0.800. The molecule has 0 atom stereocenters. The smallest absolute Gasteiger partial charge is 0.339 e. The molecule has 0 bridgehead atoms. The highest BCUT2D eigenvalue weighted by Crippen LogP contribution is 2.40. The molecular weight excluding hydrogens is 264 g/mol. The summed E-state index contributed by atoms with van der Waals surface area (Å²) < 4.78 is 21.2. The van der Waals surface area contributed by atoms with Crippen LogP contribution in [0.5, 0.6) is 0 Å². The van der Waals surface area contributed by atoms with Crippen LogP contribution in [0.4, 0.5) is 0 Å². The molecule has 16 heavy (non-hydrogen) atoms. The van der Waals surface area contributed by atoms with Gasteiger partial charge in [-0.3, -0.25) is 18.8 Å². The zero-order valence-electron chi connectivity index (χ0n) is 8.13. The molecule has 9 nitrogen and oxygen atoms in total. The largest absolute Gasteiger partial charge is 0.481 e. The summed E-state index contributed by atoms with van der Waals surface area (Å²) >= 11 is 0. The van der Waals surface area contributed by atoms with E-state index in [0.717, 1.165) is 4.90 Å². The van der Waals surface area contributed by atoms with Crippen molar-refractivity contribution in [2.75, 3.05) is 19.1 Å². The first-order valence-corrected chi connectivity index (χ1v) is 7.62. The first-order chi connectivity index (χ1) is 6.99. The standard InChI is InChI=1S/C5H13NO8P2/c7-5(8)1-2-6(3-15(9,10)11)4-16(12,13)14/h1-4H2,(H,7,8)(H2,9,10,11)(H2,12,13,14). The second kappa shape index (κ2) is 5.88. The lowest BCUT2D eigenvalue weighted by Crippen LogP contribution is -2.28. The minimum absolute atomic E-state index is 0.342.